The van der Waals surface area contributed by atoms with Crippen molar-refractivity contribution in [1.29, 1.82) is 0 Å². The second kappa shape index (κ2) is 5.91. The molecule has 3 nitrogen and oxygen atoms in total. The number of hydrogen-bond acceptors (Lipinski definition) is 3. The van der Waals surface area contributed by atoms with Gasteiger partial charge in [0.2, 0.25) is 0 Å². The van der Waals surface area contributed by atoms with E-state index in [0.717, 1.165) is 5.20 Å². The van der Waals surface area contributed by atoms with Crippen LogP contribution in [-0.4, -0.2) is 31.9 Å². The molecule has 0 heterocycles. The normalized spacial score (nSPS) is 12.9. The van der Waals surface area contributed by atoms with Gasteiger partial charge in [0, 0.05) is 0 Å². The molecule has 0 aliphatic carbocycles. The molecule has 0 aromatic rings. The average molecular weight is 228 g/mol. The van der Waals surface area contributed by atoms with E-state index in [-0.39, 0.29) is 12.4 Å². The third-order valence-electron chi connectivity index (χ3n) is 2.00. The first-order valence-corrected chi connectivity index (χ1v) is 8.57. The van der Waals surface area contributed by atoms with Crippen LogP contribution in [0.2, 0.25) is 19.6 Å². The Labute approximate surface area is 92.5 Å². The first kappa shape index (κ1) is 14.2. The van der Waals surface area contributed by atoms with Crippen LogP contribution in [0.5, 0.6) is 0 Å². The summed E-state index contributed by atoms with van der Waals surface area (Å²) in [7, 11) is -1.65. The van der Waals surface area contributed by atoms with E-state index in [9.17, 15) is 9.90 Å². The molecule has 0 aliphatic heterocycles. The van der Waals surface area contributed by atoms with Gasteiger partial charge in [-0.1, -0.05) is 26.2 Å². The Kier molecular flexibility index (Phi) is 5.58. The quantitative estimate of drug-likeness (QED) is 0.444. The summed E-state index contributed by atoms with van der Waals surface area (Å²) in [6.45, 7) is 11.9. The smallest absolute Gasteiger partial charge is 0.308 e. The molecule has 0 spiro atoms. The highest BCUT2D eigenvalue weighted by Gasteiger charge is 2.27. The van der Waals surface area contributed by atoms with Crippen LogP contribution >= 0.6 is 0 Å². The zero-order valence-electron chi connectivity index (χ0n) is 9.96. The molecule has 4 heteroatoms. The van der Waals surface area contributed by atoms with Crippen LogP contribution in [0.15, 0.2) is 17.5 Å². The fourth-order valence-electron chi connectivity index (χ4n) is 1.36. The van der Waals surface area contributed by atoms with Crippen molar-refractivity contribution in [2.75, 3.05) is 6.61 Å². The first-order chi connectivity index (χ1) is 6.82. The third kappa shape index (κ3) is 4.97. The van der Waals surface area contributed by atoms with Crippen LogP contribution in [-0.2, 0) is 9.53 Å². The summed E-state index contributed by atoms with van der Waals surface area (Å²) in [6, 6.07) is 0. The summed E-state index contributed by atoms with van der Waals surface area (Å²) in [5, 5.41) is 10.6. The molecular weight excluding hydrogens is 208 g/mol. The lowest BCUT2D eigenvalue weighted by molar-refractivity contribution is -0.144. The monoisotopic (exact) mass is 228 g/mol. The summed E-state index contributed by atoms with van der Waals surface area (Å²) in [5.74, 6) is -0.379. The summed E-state index contributed by atoms with van der Waals surface area (Å²) in [4.78, 5) is 11.2. The van der Waals surface area contributed by atoms with Crippen LogP contribution < -0.4 is 0 Å². The Morgan fingerprint density at radius 3 is 2.40 bits per heavy atom. The SMILES string of the molecule is C=C=C(C(O)CC(=O)OCC)[Si](C)(C)C. The molecule has 0 amide bonds. The zero-order valence-corrected chi connectivity index (χ0v) is 11.0. The maximum Gasteiger partial charge on any atom is 0.308 e. The third-order valence-corrected chi connectivity index (χ3v) is 4.12. The minimum absolute atomic E-state index is 0.00400. The number of hydrogen-bond donors (Lipinski definition) is 1. The highest BCUT2D eigenvalue weighted by Crippen LogP contribution is 2.19. The van der Waals surface area contributed by atoms with Gasteiger partial charge < -0.3 is 9.84 Å². The van der Waals surface area contributed by atoms with Crippen molar-refractivity contribution in [3.05, 3.63) is 17.5 Å². The molecule has 0 bridgehead atoms. The fraction of sp³-hybridized carbons (Fsp3) is 0.636. The van der Waals surface area contributed by atoms with Gasteiger partial charge in [-0.3, -0.25) is 4.79 Å². The van der Waals surface area contributed by atoms with Crippen molar-refractivity contribution in [2.24, 2.45) is 0 Å². The Bertz CT molecular complexity index is 272. The Hall–Kier alpha value is -0.833. The molecule has 0 saturated carbocycles. The average Bonchev–Trinajstić information content (AvgIpc) is 2.02. The summed E-state index contributed by atoms with van der Waals surface area (Å²) >= 11 is 0. The van der Waals surface area contributed by atoms with Gasteiger partial charge in [-0.15, -0.1) is 5.73 Å². The van der Waals surface area contributed by atoms with Crippen molar-refractivity contribution in [3.63, 3.8) is 0 Å². The molecule has 0 saturated heterocycles. The van der Waals surface area contributed by atoms with Gasteiger partial charge in [0.1, 0.15) is 0 Å². The van der Waals surface area contributed by atoms with Crippen molar-refractivity contribution >= 4 is 14.0 Å². The lowest BCUT2D eigenvalue weighted by atomic mass is 10.2. The van der Waals surface area contributed by atoms with Crippen LogP contribution in [0.1, 0.15) is 13.3 Å². The molecule has 86 valence electrons. The van der Waals surface area contributed by atoms with Crippen molar-refractivity contribution in [3.8, 4) is 0 Å². The van der Waals surface area contributed by atoms with E-state index in [2.05, 4.69) is 32.0 Å². The van der Waals surface area contributed by atoms with Gasteiger partial charge in [0.15, 0.2) is 0 Å². The van der Waals surface area contributed by atoms with Crippen LogP contribution in [0, 0.1) is 0 Å². The molecule has 0 aromatic heterocycles. The second-order valence-corrected chi connectivity index (χ2v) is 9.40. The van der Waals surface area contributed by atoms with E-state index < -0.39 is 14.2 Å². The molecule has 0 aromatic carbocycles. The number of aliphatic hydroxyl groups excluding tert-OH is 1. The highest BCUT2D eigenvalue weighted by atomic mass is 28.3. The zero-order chi connectivity index (χ0) is 12.1. The Morgan fingerprint density at radius 2 is 2.07 bits per heavy atom. The number of ether oxygens (including phenoxy) is 1. The van der Waals surface area contributed by atoms with Gasteiger partial charge in [-0.05, 0) is 12.1 Å². The van der Waals surface area contributed by atoms with E-state index in [0.29, 0.717) is 6.61 Å². The molecular formula is C11H20O3Si. The van der Waals surface area contributed by atoms with E-state index in [1.54, 1.807) is 6.92 Å². The molecule has 1 atom stereocenters. The number of esters is 1. The van der Waals surface area contributed by atoms with Crippen molar-refractivity contribution < 1.29 is 14.6 Å². The van der Waals surface area contributed by atoms with Crippen LogP contribution in [0.25, 0.3) is 0 Å². The number of aliphatic hydroxyl groups is 1. The maximum absolute atomic E-state index is 11.2. The minimum Gasteiger partial charge on any atom is -0.466 e. The summed E-state index contributed by atoms with van der Waals surface area (Å²) < 4.78 is 4.77. The van der Waals surface area contributed by atoms with Gasteiger partial charge in [0.25, 0.3) is 0 Å². The lowest BCUT2D eigenvalue weighted by Crippen LogP contribution is -2.33. The lowest BCUT2D eigenvalue weighted by Gasteiger charge is -2.23. The van der Waals surface area contributed by atoms with Crippen LogP contribution in [0.4, 0.5) is 0 Å². The van der Waals surface area contributed by atoms with Crippen molar-refractivity contribution in [2.45, 2.75) is 39.1 Å². The Morgan fingerprint density at radius 1 is 1.53 bits per heavy atom. The number of carbonyl (C=O) groups excluding carboxylic acids is 1. The van der Waals surface area contributed by atoms with Gasteiger partial charge in [-0.25, -0.2) is 0 Å². The van der Waals surface area contributed by atoms with Gasteiger partial charge in [0.05, 0.1) is 27.2 Å². The van der Waals surface area contributed by atoms with Crippen LogP contribution in [0.3, 0.4) is 0 Å². The maximum atomic E-state index is 11.2. The topological polar surface area (TPSA) is 46.5 Å². The highest BCUT2D eigenvalue weighted by molar-refractivity contribution is 6.83. The molecule has 0 radical (unpaired) electrons. The molecule has 15 heavy (non-hydrogen) atoms. The van der Waals surface area contributed by atoms with E-state index >= 15 is 0 Å². The predicted octanol–water partition coefficient (Wildman–Crippen LogP) is 1.89. The standard InChI is InChI=1S/C11H20O3Si/c1-6-10(15(3,4)5)9(12)8-11(13)14-7-2/h9,12H,1,7-8H2,2-5H3. The first-order valence-electron chi connectivity index (χ1n) is 5.07. The predicted molar refractivity (Wildman–Crippen MR) is 63.3 cm³/mol. The largest absolute Gasteiger partial charge is 0.466 e. The van der Waals surface area contributed by atoms with E-state index in [1.807, 2.05) is 0 Å². The molecule has 0 aliphatic rings. The van der Waals surface area contributed by atoms with E-state index in [1.165, 1.54) is 0 Å². The molecule has 0 fully saturated rings. The molecule has 1 unspecified atom stereocenters. The fourth-order valence-corrected chi connectivity index (χ4v) is 2.99. The molecule has 0 rings (SSSR count). The number of carbonyl (C=O) groups is 1. The Balaban J connectivity index is 4.50. The number of rotatable bonds is 5. The minimum atomic E-state index is -1.65. The second-order valence-electron chi connectivity index (χ2n) is 4.37. The summed E-state index contributed by atoms with van der Waals surface area (Å²) in [5.41, 5.74) is 2.76. The van der Waals surface area contributed by atoms with Gasteiger partial charge >= 0.3 is 5.97 Å². The molecule has 1 N–H and O–H groups in total. The summed E-state index contributed by atoms with van der Waals surface area (Å²) in [6.07, 6.45) is -0.802. The van der Waals surface area contributed by atoms with Crippen molar-refractivity contribution in [1.82, 2.24) is 0 Å². The van der Waals surface area contributed by atoms with E-state index in [4.69, 9.17) is 4.74 Å². The van der Waals surface area contributed by atoms with Gasteiger partial charge in [-0.2, -0.15) is 0 Å².